The van der Waals surface area contributed by atoms with Crippen molar-refractivity contribution < 1.29 is 17.7 Å². The molecule has 0 aromatic carbocycles. The lowest BCUT2D eigenvalue weighted by atomic mass is 10.0. The largest absolute Gasteiger partial charge is 0.360 e. The zero-order chi connectivity index (χ0) is 17.2. The third kappa shape index (κ3) is 3.92. The van der Waals surface area contributed by atoms with E-state index in [2.05, 4.69) is 9.88 Å². The highest BCUT2D eigenvalue weighted by molar-refractivity contribution is 7.89. The Balaban J connectivity index is 2.23. The molecule has 0 aliphatic carbocycles. The fourth-order valence-electron chi connectivity index (χ4n) is 2.87. The van der Waals surface area contributed by atoms with Crippen molar-refractivity contribution >= 4 is 15.9 Å². The summed E-state index contributed by atoms with van der Waals surface area (Å²) in [4.78, 5) is 14.5. The van der Waals surface area contributed by atoms with E-state index >= 15 is 0 Å². The van der Waals surface area contributed by atoms with Crippen molar-refractivity contribution in [3.63, 3.8) is 0 Å². The molecule has 1 aliphatic heterocycles. The first-order valence-corrected chi connectivity index (χ1v) is 9.46. The predicted octanol–water partition coefficient (Wildman–Crippen LogP) is 1.61. The number of rotatable bonds is 5. The highest BCUT2D eigenvalue weighted by Gasteiger charge is 2.34. The Bertz CT molecular complexity index is 641. The maximum Gasteiger partial charge on any atom is 0.246 e. The lowest BCUT2D eigenvalue weighted by Crippen LogP contribution is -2.52. The van der Waals surface area contributed by atoms with E-state index in [9.17, 15) is 13.2 Å². The standard InChI is InChI=1S/C15H25N3O4S/c1-10(2)13(15(19)18-8-6-5-7-9-18)17-23(20,21)14-11(3)16-22-12(14)4/h10,13,17H,5-9H2,1-4H3/t13-/m0/s1. The number of nitrogens with zero attached hydrogens (tertiary/aromatic N) is 2. The first-order chi connectivity index (χ1) is 10.7. The average molecular weight is 343 g/mol. The van der Waals surface area contributed by atoms with Crippen LogP contribution in [0.3, 0.4) is 0 Å². The van der Waals surface area contributed by atoms with Crippen molar-refractivity contribution in [3.05, 3.63) is 11.5 Å². The summed E-state index contributed by atoms with van der Waals surface area (Å²) in [6.45, 7) is 8.17. The number of likely N-dealkylation sites (tertiary alicyclic amines) is 1. The summed E-state index contributed by atoms with van der Waals surface area (Å²) < 4.78 is 32.8. The molecule has 0 unspecified atom stereocenters. The Morgan fingerprint density at radius 2 is 1.83 bits per heavy atom. The van der Waals surface area contributed by atoms with Crippen molar-refractivity contribution in [3.8, 4) is 0 Å². The van der Waals surface area contributed by atoms with Gasteiger partial charge < -0.3 is 9.42 Å². The van der Waals surface area contributed by atoms with Gasteiger partial charge in [-0.2, -0.15) is 4.72 Å². The second-order valence-corrected chi connectivity index (χ2v) is 8.03. The molecule has 1 saturated heterocycles. The number of nitrogens with one attached hydrogen (secondary N) is 1. The van der Waals surface area contributed by atoms with Gasteiger partial charge in [-0.3, -0.25) is 4.79 Å². The molecule has 1 aromatic rings. The van der Waals surface area contributed by atoms with Gasteiger partial charge in [-0.25, -0.2) is 8.42 Å². The van der Waals surface area contributed by atoms with Crippen LogP contribution in [-0.4, -0.2) is 43.5 Å². The summed E-state index contributed by atoms with van der Waals surface area (Å²) in [5, 5.41) is 3.68. The van der Waals surface area contributed by atoms with Crippen LogP contribution in [0.5, 0.6) is 0 Å². The van der Waals surface area contributed by atoms with Gasteiger partial charge in [0.05, 0.1) is 0 Å². The first-order valence-electron chi connectivity index (χ1n) is 7.98. The number of hydrogen-bond donors (Lipinski definition) is 1. The van der Waals surface area contributed by atoms with Crippen LogP contribution >= 0.6 is 0 Å². The minimum Gasteiger partial charge on any atom is -0.360 e. The Morgan fingerprint density at radius 1 is 1.22 bits per heavy atom. The fraction of sp³-hybridized carbons (Fsp3) is 0.733. The number of aryl methyl sites for hydroxylation is 2. The number of sulfonamides is 1. The van der Waals surface area contributed by atoms with E-state index in [4.69, 9.17) is 4.52 Å². The summed E-state index contributed by atoms with van der Waals surface area (Å²) in [6, 6.07) is -0.785. The van der Waals surface area contributed by atoms with Crippen molar-refractivity contribution in [2.45, 2.75) is 57.9 Å². The van der Waals surface area contributed by atoms with Gasteiger partial charge in [-0.1, -0.05) is 19.0 Å². The molecule has 0 bridgehead atoms. The van der Waals surface area contributed by atoms with E-state index < -0.39 is 16.1 Å². The fourth-order valence-corrected chi connectivity index (χ4v) is 4.53. The van der Waals surface area contributed by atoms with Crippen LogP contribution in [-0.2, 0) is 14.8 Å². The number of amides is 1. The molecule has 23 heavy (non-hydrogen) atoms. The number of aromatic nitrogens is 1. The van der Waals surface area contributed by atoms with Crippen LogP contribution < -0.4 is 4.72 Å². The maximum absolute atomic E-state index is 12.7. The van der Waals surface area contributed by atoms with Gasteiger partial charge in [0, 0.05) is 13.1 Å². The molecule has 0 radical (unpaired) electrons. The van der Waals surface area contributed by atoms with Crippen molar-refractivity contribution in [1.82, 2.24) is 14.8 Å². The Hall–Kier alpha value is -1.41. The van der Waals surface area contributed by atoms with Crippen LogP contribution in [0, 0.1) is 19.8 Å². The summed E-state index contributed by atoms with van der Waals surface area (Å²) in [5.41, 5.74) is 0.294. The third-order valence-corrected chi connectivity index (χ3v) is 5.80. The normalized spacial score (nSPS) is 17.5. The molecule has 2 heterocycles. The van der Waals surface area contributed by atoms with Crippen LogP contribution in [0.1, 0.15) is 44.6 Å². The van der Waals surface area contributed by atoms with E-state index in [0.717, 1.165) is 19.3 Å². The molecule has 1 atom stereocenters. The highest BCUT2D eigenvalue weighted by atomic mass is 32.2. The smallest absolute Gasteiger partial charge is 0.246 e. The Kier molecular flexibility index (Phi) is 5.46. The minimum atomic E-state index is -3.86. The van der Waals surface area contributed by atoms with Crippen LogP contribution in [0.15, 0.2) is 9.42 Å². The SMILES string of the molecule is Cc1noc(C)c1S(=O)(=O)N[C@H](C(=O)N1CCCCC1)C(C)C. The molecule has 1 amide bonds. The average Bonchev–Trinajstić information content (AvgIpc) is 2.84. The number of carbonyl (C=O) groups excluding carboxylic acids is 1. The topological polar surface area (TPSA) is 92.5 Å². The number of piperidine rings is 1. The van der Waals surface area contributed by atoms with Gasteiger partial charge in [0.15, 0.2) is 5.76 Å². The van der Waals surface area contributed by atoms with E-state index in [1.54, 1.807) is 18.7 Å². The summed E-state index contributed by atoms with van der Waals surface area (Å²) in [7, 11) is -3.86. The quantitative estimate of drug-likeness (QED) is 0.877. The molecule has 1 fully saturated rings. The van der Waals surface area contributed by atoms with Crippen LogP contribution in [0.4, 0.5) is 0 Å². The monoisotopic (exact) mass is 343 g/mol. The van der Waals surface area contributed by atoms with Gasteiger partial charge >= 0.3 is 0 Å². The predicted molar refractivity (Wildman–Crippen MR) is 85.4 cm³/mol. The zero-order valence-electron chi connectivity index (χ0n) is 14.1. The molecule has 7 nitrogen and oxygen atoms in total. The summed E-state index contributed by atoms with van der Waals surface area (Å²) >= 11 is 0. The van der Waals surface area contributed by atoms with Crippen molar-refractivity contribution in [2.75, 3.05) is 13.1 Å². The van der Waals surface area contributed by atoms with Gasteiger partial charge in [-0.05, 0) is 39.0 Å². The molecule has 1 N–H and O–H groups in total. The first kappa shape index (κ1) is 17.9. The molecule has 130 valence electrons. The van der Waals surface area contributed by atoms with Crippen molar-refractivity contribution in [2.24, 2.45) is 5.92 Å². The van der Waals surface area contributed by atoms with E-state index in [1.165, 1.54) is 0 Å². The number of hydrogen-bond acceptors (Lipinski definition) is 5. The molecular formula is C15H25N3O4S. The summed E-state index contributed by atoms with van der Waals surface area (Å²) in [5.74, 6) is -0.0855. The second kappa shape index (κ2) is 7.00. The molecule has 0 spiro atoms. The molecule has 1 aromatic heterocycles. The van der Waals surface area contributed by atoms with Crippen LogP contribution in [0.2, 0.25) is 0 Å². The highest BCUT2D eigenvalue weighted by Crippen LogP contribution is 2.21. The zero-order valence-corrected chi connectivity index (χ0v) is 14.9. The second-order valence-electron chi connectivity index (χ2n) is 6.38. The minimum absolute atomic E-state index is 0.0228. The lowest BCUT2D eigenvalue weighted by molar-refractivity contribution is -0.134. The molecule has 2 rings (SSSR count). The molecule has 1 aliphatic rings. The van der Waals surface area contributed by atoms with Gasteiger partial charge in [0.25, 0.3) is 0 Å². The third-order valence-electron chi connectivity index (χ3n) is 4.12. The molecular weight excluding hydrogens is 318 g/mol. The van der Waals surface area contributed by atoms with Gasteiger partial charge in [0.2, 0.25) is 15.9 Å². The molecule has 8 heteroatoms. The van der Waals surface area contributed by atoms with E-state index in [-0.39, 0.29) is 22.5 Å². The lowest BCUT2D eigenvalue weighted by Gasteiger charge is -2.32. The van der Waals surface area contributed by atoms with E-state index in [1.807, 2.05) is 13.8 Å². The number of carbonyl (C=O) groups is 1. The van der Waals surface area contributed by atoms with Gasteiger partial charge in [-0.15, -0.1) is 0 Å². The Labute approximate surface area is 137 Å². The van der Waals surface area contributed by atoms with E-state index in [0.29, 0.717) is 18.8 Å². The van der Waals surface area contributed by atoms with Crippen molar-refractivity contribution in [1.29, 1.82) is 0 Å². The van der Waals surface area contributed by atoms with Gasteiger partial charge in [0.1, 0.15) is 16.6 Å². The maximum atomic E-state index is 12.7. The summed E-state index contributed by atoms with van der Waals surface area (Å²) in [6.07, 6.45) is 3.04. The Morgan fingerprint density at radius 3 is 2.30 bits per heavy atom. The van der Waals surface area contributed by atoms with Crippen LogP contribution in [0.25, 0.3) is 0 Å². The molecule has 0 saturated carbocycles.